The van der Waals surface area contributed by atoms with Gasteiger partial charge in [-0.1, -0.05) is 17.9 Å². The highest BCUT2D eigenvalue weighted by atomic mass is 19.1. The van der Waals surface area contributed by atoms with E-state index in [2.05, 4.69) is 25.7 Å². The van der Waals surface area contributed by atoms with Gasteiger partial charge in [-0.25, -0.2) is 9.37 Å². The molecule has 9 N–H and O–H groups in total. The van der Waals surface area contributed by atoms with E-state index in [1.54, 1.807) is 0 Å². The number of halogens is 1. The molecule has 0 saturated heterocycles. The molecular formula is C19H25FN9O+. The smallest absolute Gasteiger partial charge is 0.254 e. The first-order valence-electron chi connectivity index (χ1n) is 9.59. The van der Waals surface area contributed by atoms with Crippen molar-refractivity contribution in [2.24, 2.45) is 16.6 Å². The van der Waals surface area contributed by atoms with Crippen molar-refractivity contribution in [2.75, 3.05) is 10.6 Å². The Morgan fingerprint density at radius 2 is 2.17 bits per heavy atom. The van der Waals surface area contributed by atoms with Crippen LogP contribution in [0, 0.1) is 11.2 Å². The van der Waals surface area contributed by atoms with Gasteiger partial charge in [0.1, 0.15) is 17.6 Å². The number of nitrogens with zero attached hydrogens (tertiary/aromatic N) is 3. The highest BCUT2D eigenvalue weighted by molar-refractivity contribution is 6.14. The van der Waals surface area contributed by atoms with E-state index in [9.17, 15) is 9.18 Å². The van der Waals surface area contributed by atoms with Gasteiger partial charge in [-0.2, -0.15) is 10.4 Å². The lowest BCUT2D eigenvalue weighted by Gasteiger charge is -2.29. The number of hydrogen-bond acceptors (Lipinski definition) is 8. The van der Waals surface area contributed by atoms with Gasteiger partial charge in [-0.3, -0.25) is 4.79 Å². The fourth-order valence-corrected chi connectivity index (χ4v) is 3.26. The van der Waals surface area contributed by atoms with E-state index in [-0.39, 0.29) is 29.2 Å². The van der Waals surface area contributed by atoms with Gasteiger partial charge in [0.15, 0.2) is 11.5 Å². The molecule has 1 amide bonds. The maximum atomic E-state index is 14.0. The molecule has 1 saturated carbocycles. The molecule has 1 aromatic heterocycles. The number of anilines is 3. The Labute approximate surface area is 172 Å². The van der Waals surface area contributed by atoms with Crippen molar-refractivity contribution in [1.82, 2.24) is 9.97 Å². The number of quaternary nitrogens is 1. The zero-order valence-electron chi connectivity index (χ0n) is 16.3. The second kappa shape index (κ2) is 9.85. The average Bonchev–Trinajstić information content (AvgIpc) is 2.72. The maximum Gasteiger partial charge on any atom is 0.254 e. The van der Waals surface area contributed by atoms with E-state index < -0.39 is 11.7 Å². The van der Waals surface area contributed by atoms with Crippen molar-refractivity contribution >= 4 is 41.5 Å². The lowest BCUT2D eigenvalue weighted by molar-refractivity contribution is -0.578. The Hall–Kier alpha value is -3.44. The average molecular weight is 414 g/mol. The zero-order valence-corrected chi connectivity index (χ0v) is 16.3. The SMILES string of the molecule is N=C/C=N\[NH2+]c1cc(Nc2nc(N[C@@H]3CCCC[C@@H]3N)ncc2C(N)=O)ccc1F. The van der Waals surface area contributed by atoms with Crippen LogP contribution in [0.1, 0.15) is 36.0 Å². The number of hydrogen-bond donors (Lipinski definition) is 6. The summed E-state index contributed by atoms with van der Waals surface area (Å²) in [6.07, 6.45) is 7.58. The van der Waals surface area contributed by atoms with Crippen molar-refractivity contribution < 1.29 is 14.6 Å². The minimum absolute atomic E-state index is 0.00582. The van der Waals surface area contributed by atoms with Gasteiger partial charge >= 0.3 is 0 Å². The molecule has 1 aliphatic rings. The molecule has 0 radical (unpaired) electrons. The Bertz CT molecular complexity index is 950. The standard InChI is InChI=1S/C19H24FN9O/c20-13-6-5-11(9-16(13)29-25-8-7-21)26-18-12(17(23)30)10-24-19(28-18)27-15-4-2-1-3-14(15)22/h5-10,14-15,21,29H,1-4,22H2,(H2,23,30)(H2,24,26,27,28)/p+1/b21-7?,25-8-/t14-,15+/m0/s1. The molecule has 3 rings (SSSR count). The summed E-state index contributed by atoms with van der Waals surface area (Å²) >= 11 is 0. The van der Waals surface area contributed by atoms with Gasteiger partial charge < -0.3 is 27.5 Å². The van der Waals surface area contributed by atoms with E-state index >= 15 is 0 Å². The monoisotopic (exact) mass is 414 g/mol. The van der Waals surface area contributed by atoms with Crippen LogP contribution in [-0.2, 0) is 0 Å². The first-order chi connectivity index (χ1) is 14.5. The van der Waals surface area contributed by atoms with Crippen molar-refractivity contribution in [3.05, 3.63) is 35.8 Å². The van der Waals surface area contributed by atoms with Gasteiger partial charge in [0.25, 0.3) is 5.91 Å². The number of carbonyl (C=O) groups excluding carboxylic acids is 1. The van der Waals surface area contributed by atoms with Crippen LogP contribution in [-0.4, -0.2) is 40.4 Å². The summed E-state index contributed by atoms with van der Waals surface area (Å²) in [4.78, 5) is 20.4. The third-order valence-corrected chi connectivity index (χ3v) is 4.82. The lowest BCUT2D eigenvalue weighted by atomic mass is 9.91. The molecule has 2 atom stereocenters. The lowest BCUT2D eigenvalue weighted by Crippen LogP contribution is -2.71. The number of nitrogens with one attached hydrogen (secondary N) is 3. The molecule has 1 aromatic carbocycles. The molecular weight excluding hydrogens is 389 g/mol. The minimum atomic E-state index is -0.692. The second-order valence-electron chi connectivity index (χ2n) is 6.97. The Morgan fingerprint density at radius 3 is 2.90 bits per heavy atom. The van der Waals surface area contributed by atoms with E-state index in [0.717, 1.165) is 31.9 Å². The number of primary amides is 1. The first kappa shape index (κ1) is 21.3. The van der Waals surface area contributed by atoms with Gasteiger partial charge in [0.05, 0.1) is 0 Å². The van der Waals surface area contributed by atoms with Crippen LogP contribution >= 0.6 is 0 Å². The van der Waals surface area contributed by atoms with E-state index in [0.29, 0.717) is 11.6 Å². The van der Waals surface area contributed by atoms with Crippen LogP contribution in [0.2, 0.25) is 0 Å². The van der Waals surface area contributed by atoms with Gasteiger partial charge in [-0.05, 0) is 25.0 Å². The van der Waals surface area contributed by atoms with E-state index in [1.165, 1.54) is 36.0 Å². The summed E-state index contributed by atoms with van der Waals surface area (Å²) in [5.74, 6) is -0.642. The second-order valence-corrected chi connectivity index (χ2v) is 6.97. The number of carbonyl (C=O) groups is 1. The van der Waals surface area contributed by atoms with Crippen molar-refractivity contribution in [1.29, 1.82) is 5.41 Å². The normalized spacial score (nSPS) is 18.9. The Kier molecular flexibility index (Phi) is 6.99. The molecule has 0 aliphatic heterocycles. The van der Waals surface area contributed by atoms with Crippen molar-refractivity contribution in [3.8, 4) is 0 Å². The fraction of sp³-hybridized carbons (Fsp3) is 0.316. The topological polar surface area (TPSA) is 172 Å². The fourth-order valence-electron chi connectivity index (χ4n) is 3.26. The van der Waals surface area contributed by atoms with Crippen LogP contribution in [0.3, 0.4) is 0 Å². The van der Waals surface area contributed by atoms with Gasteiger partial charge in [-0.15, -0.1) is 0 Å². The Balaban J connectivity index is 1.84. The summed E-state index contributed by atoms with van der Waals surface area (Å²) in [6, 6.07) is 4.33. The molecule has 1 aliphatic carbocycles. The van der Waals surface area contributed by atoms with Crippen molar-refractivity contribution in [3.63, 3.8) is 0 Å². The maximum absolute atomic E-state index is 14.0. The molecule has 11 heteroatoms. The summed E-state index contributed by atoms with van der Waals surface area (Å²) < 4.78 is 14.0. The van der Waals surface area contributed by atoms with Crippen LogP contribution in [0.25, 0.3) is 0 Å². The first-order valence-corrected chi connectivity index (χ1v) is 9.59. The van der Waals surface area contributed by atoms with Crippen LogP contribution < -0.4 is 27.5 Å². The van der Waals surface area contributed by atoms with Gasteiger partial charge in [0, 0.05) is 36.2 Å². The summed E-state index contributed by atoms with van der Waals surface area (Å²) in [5.41, 5.74) is 13.7. The third kappa shape index (κ3) is 5.33. The summed E-state index contributed by atoms with van der Waals surface area (Å²) in [5, 5.41) is 17.0. The van der Waals surface area contributed by atoms with Gasteiger partial charge in [0.2, 0.25) is 5.95 Å². The molecule has 1 fully saturated rings. The van der Waals surface area contributed by atoms with Crippen molar-refractivity contribution in [2.45, 2.75) is 37.8 Å². The Morgan fingerprint density at radius 1 is 1.37 bits per heavy atom. The molecule has 30 heavy (non-hydrogen) atoms. The third-order valence-electron chi connectivity index (χ3n) is 4.82. The highest BCUT2D eigenvalue weighted by Crippen LogP contribution is 2.24. The number of nitrogens with two attached hydrogens (primary N) is 3. The number of rotatable bonds is 8. The van der Waals surface area contributed by atoms with Crippen LogP contribution in [0.4, 0.5) is 27.5 Å². The molecule has 2 aromatic rings. The van der Waals surface area contributed by atoms with E-state index in [4.69, 9.17) is 16.9 Å². The summed E-state index contributed by atoms with van der Waals surface area (Å²) in [7, 11) is 0. The number of amides is 1. The quantitative estimate of drug-likeness (QED) is 0.162. The molecule has 0 bridgehead atoms. The molecule has 10 nitrogen and oxygen atoms in total. The predicted molar refractivity (Wildman–Crippen MR) is 113 cm³/mol. The van der Waals surface area contributed by atoms with Crippen LogP contribution in [0.15, 0.2) is 29.5 Å². The zero-order chi connectivity index (χ0) is 21.5. The van der Waals surface area contributed by atoms with E-state index in [1.807, 2.05) is 0 Å². The summed E-state index contributed by atoms with van der Waals surface area (Å²) in [6.45, 7) is 0. The molecule has 0 spiro atoms. The minimum Gasteiger partial charge on any atom is -0.365 e. The predicted octanol–water partition coefficient (Wildman–Crippen LogP) is 0.970. The number of aromatic nitrogens is 2. The molecule has 0 unspecified atom stereocenters. The van der Waals surface area contributed by atoms with Crippen LogP contribution in [0.5, 0.6) is 0 Å². The molecule has 1 heterocycles. The highest BCUT2D eigenvalue weighted by Gasteiger charge is 2.23. The number of benzene rings is 1. The largest absolute Gasteiger partial charge is 0.365 e. The molecule has 158 valence electrons.